The number of aromatic nitrogens is 2. The summed E-state index contributed by atoms with van der Waals surface area (Å²) in [5.74, 6) is 0.324. The van der Waals surface area contributed by atoms with Gasteiger partial charge in [0, 0.05) is 5.92 Å². The second-order valence-corrected chi connectivity index (χ2v) is 5.09. The maximum absolute atomic E-state index is 12.1. The Kier molecular flexibility index (Phi) is 4.37. The summed E-state index contributed by atoms with van der Waals surface area (Å²) >= 11 is 11.7. The van der Waals surface area contributed by atoms with E-state index in [1.54, 1.807) is 0 Å². The maximum atomic E-state index is 12.1. The smallest absolute Gasteiger partial charge is 0.229 e. The summed E-state index contributed by atoms with van der Waals surface area (Å²) in [6.45, 7) is 0.524. The molecule has 0 aliphatic heterocycles. The normalized spacial score (nSPS) is 23.1. The summed E-state index contributed by atoms with van der Waals surface area (Å²) in [7, 11) is 0. The van der Waals surface area contributed by atoms with Crippen LogP contribution in [0.3, 0.4) is 0 Å². The number of nitrogens with zero attached hydrogens (tertiary/aromatic N) is 2. The zero-order chi connectivity index (χ0) is 13.1. The van der Waals surface area contributed by atoms with Crippen molar-refractivity contribution in [2.45, 2.75) is 19.3 Å². The molecule has 1 amide bonds. The molecule has 0 spiro atoms. The number of hydrogen-bond acceptors (Lipinski definition) is 4. The predicted molar refractivity (Wildman–Crippen MR) is 70.6 cm³/mol. The first-order chi connectivity index (χ1) is 8.63. The van der Waals surface area contributed by atoms with E-state index < -0.39 is 0 Å². The van der Waals surface area contributed by atoms with E-state index in [9.17, 15) is 4.79 Å². The molecule has 1 aliphatic rings. The lowest BCUT2D eigenvalue weighted by atomic mass is 9.95. The Morgan fingerprint density at radius 1 is 1.44 bits per heavy atom. The third-order valence-corrected chi connectivity index (χ3v) is 4.03. The number of hydrogen-bond donors (Lipinski definition) is 2. The summed E-state index contributed by atoms with van der Waals surface area (Å²) in [4.78, 5) is 19.8. The van der Waals surface area contributed by atoms with E-state index in [-0.39, 0.29) is 33.7 Å². The number of carbonyl (C=O) groups excluding carboxylic acids is 1. The van der Waals surface area contributed by atoms with Gasteiger partial charge in [-0.15, -0.1) is 0 Å². The van der Waals surface area contributed by atoms with Gasteiger partial charge in [0.1, 0.15) is 11.3 Å². The summed E-state index contributed by atoms with van der Waals surface area (Å²) in [5.41, 5.74) is 5.66. The van der Waals surface area contributed by atoms with Crippen molar-refractivity contribution in [3.8, 4) is 0 Å². The highest BCUT2D eigenvalue weighted by Crippen LogP contribution is 2.33. The van der Waals surface area contributed by atoms with Crippen LogP contribution in [0.5, 0.6) is 0 Å². The van der Waals surface area contributed by atoms with Gasteiger partial charge in [0.25, 0.3) is 0 Å². The van der Waals surface area contributed by atoms with Crippen molar-refractivity contribution in [1.82, 2.24) is 9.97 Å². The van der Waals surface area contributed by atoms with Crippen LogP contribution in [0.2, 0.25) is 10.2 Å². The fourth-order valence-electron chi connectivity index (χ4n) is 2.31. The van der Waals surface area contributed by atoms with Gasteiger partial charge in [-0.2, -0.15) is 0 Å². The first-order valence-electron chi connectivity index (χ1n) is 5.80. The minimum absolute atomic E-state index is 0.0696. The van der Waals surface area contributed by atoms with Crippen molar-refractivity contribution in [2.24, 2.45) is 17.6 Å². The van der Waals surface area contributed by atoms with Crippen LogP contribution in [0.15, 0.2) is 6.33 Å². The first kappa shape index (κ1) is 13.5. The maximum Gasteiger partial charge on any atom is 0.229 e. The largest absolute Gasteiger partial charge is 0.330 e. The number of anilines is 1. The second kappa shape index (κ2) is 5.82. The van der Waals surface area contributed by atoms with E-state index in [1.165, 1.54) is 6.33 Å². The number of rotatable bonds is 3. The number of amides is 1. The van der Waals surface area contributed by atoms with Crippen LogP contribution in [0.4, 0.5) is 5.82 Å². The molecule has 2 atom stereocenters. The van der Waals surface area contributed by atoms with Gasteiger partial charge in [0.2, 0.25) is 5.91 Å². The Morgan fingerprint density at radius 2 is 2.22 bits per heavy atom. The van der Waals surface area contributed by atoms with Crippen molar-refractivity contribution in [1.29, 1.82) is 0 Å². The molecule has 0 radical (unpaired) electrons. The second-order valence-electron chi connectivity index (χ2n) is 4.35. The molecule has 7 heteroatoms. The molecule has 0 aromatic carbocycles. The predicted octanol–water partition coefficient (Wildman–Crippen LogP) is 2.10. The lowest BCUT2D eigenvalue weighted by Crippen LogP contribution is -2.30. The third-order valence-electron chi connectivity index (χ3n) is 3.29. The highest BCUT2D eigenvalue weighted by molar-refractivity contribution is 6.42. The zero-order valence-electron chi connectivity index (χ0n) is 9.70. The van der Waals surface area contributed by atoms with Crippen molar-refractivity contribution in [3.63, 3.8) is 0 Å². The van der Waals surface area contributed by atoms with Gasteiger partial charge in [-0.1, -0.05) is 29.6 Å². The molecule has 5 nitrogen and oxygen atoms in total. The molecule has 1 fully saturated rings. The molecule has 1 aromatic rings. The summed E-state index contributed by atoms with van der Waals surface area (Å²) in [6.07, 6.45) is 4.13. The minimum atomic E-state index is -0.0976. The van der Waals surface area contributed by atoms with Gasteiger partial charge in [-0.05, 0) is 25.3 Å². The Hall–Kier alpha value is -0.910. The Labute approximate surface area is 115 Å². The molecule has 1 heterocycles. The van der Waals surface area contributed by atoms with Crippen molar-refractivity contribution < 1.29 is 4.79 Å². The molecule has 1 saturated carbocycles. The molecule has 0 bridgehead atoms. The molecular weight excluding hydrogens is 275 g/mol. The van der Waals surface area contributed by atoms with Crippen LogP contribution in [0.25, 0.3) is 0 Å². The van der Waals surface area contributed by atoms with Crippen LogP contribution in [-0.2, 0) is 4.79 Å². The van der Waals surface area contributed by atoms with Crippen LogP contribution in [-0.4, -0.2) is 22.4 Å². The average molecular weight is 289 g/mol. The molecule has 1 aromatic heterocycles. The lowest BCUT2D eigenvalue weighted by Gasteiger charge is -2.17. The third kappa shape index (κ3) is 2.74. The Morgan fingerprint density at radius 3 is 2.94 bits per heavy atom. The van der Waals surface area contributed by atoms with Gasteiger partial charge in [0.05, 0.1) is 0 Å². The average Bonchev–Trinajstić information content (AvgIpc) is 2.83. The van der Waals surface area contributed by atoms with Gasteiger partial charge < -0.3 is 11.1 Å². The fourth-order valence-corrected chi connectivity index (χ4v) is 2.59. The first-order valence-corrected chi connectivity index (χ1v) is 6.56. The number of halogens is 2. The fraction of sp³-hybridized carbons (Fsp3) is 0.545. The standard InChI is InChI=1S/C11H14Cl2N4O/c12-8-9(13)15-5-16-10(8)17-11(18)7-3-1-2-6(7)4-14/h5-7H,1-4,14H2,(H,15,16,17,18). The van der Waals surface area contributed by atoms with E-state index >= 15 is 0 Å². The lowest BCUT2D eigenvalue weighted by molar-refractivity contribution is -0.120. The van der Waals surface area contributed by atoms with E-state index in [0.717, 1.165) is 19.3 Å². The summed E-state index contributed by atoms with van der Waals surface area (Å²) in [6, 6.07) is 0. The minimum Gasteiger partial charge on any atom is -0.330 e. The molecule has 3 N–H and O–H groups in total. The monoisotopic (exact) mass is 288 g/mol. The SMILES string of the molecule is NCC1CCCC1C(=O)Nc1ncnc(Cl)c1Cl. The van der Waals surface area contributed by atoms with Crippen LogP contribution >= 0.6 is 23.2 Å². The molecule has 0 saturated heterocycles. The highest BCUT2D eigenvalue weighted by Gasteiger charge is 2.32. The summed E-state index contributed by atoms with van der Waals surface area (Å²) in [5, 5.41) is 2.99. The van der Waals surface area contributed by atoms with Crippen molar-refractivity contribution in [3.05, 3.63) is 16.5 Å². The van der Waals surface area contributed by atoms with Crippen molar-refractivity contribution in [2.75, 3.05) is 11.9 Å². The van der Waals surface area contributed by atoms with Crippen LogP contribution in [0, 0.1) is 11.8 Å². The van der Waals surface area contributed by atoms with Gasteiger partial charge in [-0.3, -0.25) is 4.79 Å². The topological polar surface area (TPSA) is 80.9 Å². The van der Waals surface area contributed by atoms with Crippen LogP contribution < -0.4 is 11.1 Å². The number of nitrogens with two attached hydrogens (primary N) is 1. The molecule has 1 aliphatic carbocycles. The van der Waals surface area contributed by atoms with E-state index in [2.05, 4.69) is 15.3 Å². The molecule has 2 rings (SSSR count). The quantitative estimate of drug-likeness (QED) is 0.835. The summed E-state index contributed by atoms with van der Waals surface area (Å²) < 4.78 is 0. The Balaban J connectivity index is 2.09. The van der Waals surface area contributed by atoms with Crippen LogP contribution in [0.1, 0.15) is 19.3 Å². The zero-order valence-corrected chi connectivity index (χ0v) is 11.2. The van der Waals surface area contributed by atoms with Gasteiger partial charge in [0.15, 0.2) is 11.0 Å². The number of carbonyl (C=O) groups is 1. The molecule has 98 valence electrons. The van der Waals surface area contributed by atoms with E-state index in [4.69, 9.17) is 28.9 Å². The molecule has 2 unspecified atom stereocenters. The molecular formula is C11H14Cl2N4O. The van der Waals surface area contributed by atoms with E-state index in [1.807, 2.05) is 0 Å². The van der Waals surface area contributed by atoms with Crippen molar-refractivity contribution >= 4 is 34.9 Å². The van der Waals surface area contributed by atoms with Gasteiger partial charge >= 0.3 is 0 Å². The number of nitrogens with one attached hydrogen (secondary N) is 1. The Bertz CT molecular complexity index is 455. The van der Waals surface area contributed by atoms with Gasteiger partial charge in [-0.25, -0.2) is 9.97 Å². The molecule has 18 heavy (non-hydrogen) atoms. The highest BCUT2D eigenvalue weighted by atomic mass is 35.5. The van der Waals surface area contributed by atoms with E-state index in [0.29, 0.717) is 6.54 Å².